The molecule has 8 nitrogen and oxygen atoms in total. The summed E-state index contributed by atoms with van der Waals surface area (Å²) < 4.78 is 28.7. The summed E-state index contributed by atoms with van der Waals surface area (Å²) in [4.78, 5) is 34.7. The van der Waals surface area contributed by atoms with E-state index in [0.29, 0.717) is 29.5 Å². The Morgan fingerprint density at radius 3 is 2.82 bits per heavy atom. The van der Waals surface area contributed by atoms with E-state index in [1.54, 1.807) is 29.2 Å². The molecular formula is C23H19ClF2N6O2. The van der Waals surface area contributed by atoms with Gasteiger partial charge in [-0.2, -0.15) is 0 Å². The van der Waals surface area contributed by atoms with Gasteiger partial charge in [0.05, 0.1) is 17.1 Å². The Kier molecular flexibility index (Phi) is 5.82. The predicted molar refractivity (Wildman–Crippen MR) is 121 cm³/mol. The van der Waals surface area contributed by atoms with Gasteiger partial charge in [-0.1, -0.05) is 35.0 Å². The van der Waals surface area contributed by atoms with Crippen LogP contribution in [0.1, 0.15) is 40.5 Å². The van der Waals surface area contributed by atoms with Gasteiger partial charge in [0, 0.05) is 30.6 Å². The quantitative estimate of drug-likeness (QED) is 0.478. The van der Waals surface area contributed by atoms with Crippen molar-refractivity contribution < 1.29 is 13.6 Å². The highest BCUT2D eigenvalue weighted by molar-refractivity contribution is 6.33. The summed E-state index contributed by atoms with van der Waals surface area (Å²) in [6, 6.07) is 10.1. The van der Waals surface area contributed by atoms with Crippen LogP contribution in [0.25, 0.3) is 11.2 Å². The molecule has 1 aliphatic heterocycles. The van der Waals surface area contributed by atoms with Crippen LogP contribution in [-0.2, 0) is 6.54 Å². The number of nitrogens with one attached hydrogen (secondary N) is 1. The first-order valence-corrected chi connectivity index (χ1v) is 11.1. The maximum Gasteiger partial charge on any atom is 0.281 e. The third-order valence-corrected chi connectivity index (χ3v) is 6.26. The van der Waals surface area contributed by atoms with Crippen molar-refractivity contribution in [1.29, 1.82) is 0 Å². The Balaban J connectivity index is 1.44. The van der Waals surface area contributed by atoms with E-state index >= 15 is 0 Å². The molecule has 2 aromatic carbocycles. The van der Waals surface area contributed by atoms with Crippen molar-refractivity contribution >= 4 is 28.7 Å². The minimum absolute atomic E-state index is 0.0195. The number of benzene rings is 2. The van der Waals surface area contributed by atoms with E-state index in [-0.39, 0.29) is 35.1 Å². The lowest BCUT2D eigenvalue weighted by atomic mass is 9.96. The number of rotatable bonds is 4. The van der Waals surface area contributed by atoms with Gasteiger partial charge in [-0.3, -0.25) is 9.59 Å². The van der Waals surface area contributed by atoms with Crippen molar-refractivity contribution in [2.75, 3.05) is 13.1 Å². The molecule has 1 saturated heterocycles. The summed E-state index contributed by atoms with van der Waals surface area (Å²) in [5.41, 5.74) is 0.347. The molecule has 4 aromatic rings. The zero-order valence-electron chi connectivity index (χ0n) is 17.8. The first-order chi connectivity index (χ1) is 16.4. The second-order valence-corrected chi connectivity index (χ2v) is 8.58. The first-order valence-electron chi connectivity index (χ1n) is 10.7. The van der Waals surface area contributed by atoms with Gasteiger partial charge in [0.25, 0.3) is 11.5 Å². The van der Waals surface area contributed by atoms with Gasteiger partial charge >= 0.3 is 0 Å². The van der Waals surface area contributed by atoms with Crippen LogP contribution in [0.3, 0.4) is 0 Å². The lowest BCUT2D eigenvalue weighted by Crippen LogP contribution is -2.40. The monoisotopic (exact) mass is 484 g/mol. The van der Waals surface area contributed by atoms with E-state index in [0.717, 1.165) is 25.0 Å². The standard InChI is InChI=1S/C23H19ClF2N6O2/c24-17-6-2-1-5-16(17)23(34)31-9-3-4-14(11-31)20-27-21-19(22(33)28-20)29-30-32(21)12-13-7-8-15(25)10-18(13)26/h1-2,5-8,10,14H,3-4,9,11-12H2,(H,27,28,33)/t14-/m1/s1. The number of hydrogen-bond donors (Lipinski definition) is 1. The van der Waals surface area contributed by atoms with Crippen molar-refractivity contribution in [3.63, 3.8) is 0 Å². The zero-order chi connectivity index (χ0) is 23.8. The summed E-state index contributed by atoms with van der Waals surface area (Å²) in [7, 11) is 0. The molecule has 5 rings (SSSR count). The van der Waals surface area contributed by atoms with Crippen molar-refractivity contribution in [2.45, 2.75) is 25.3 Å². The Hall–Kier alpha value is -3.66. The van der Waals surface area contributed by atoms with Gasteiger partial charge in [-0.05, 0) is 31.0 Å². The van der Waals surface area contributed by atoms with Crippen LogP contribution in [0, 0.1) is 11.6 Å². The average molecular weight is 485 g/mol. The second-order valence-electron chi connectivity index (χ2n) is 8.18. The topological polar surface area (TPSA) is 96.8 Å². The predicted octanol–water partition coefficient (Wildman–Crippen LogP) is 3.51. The highest BCUT2D eigenvalue weighted by Crippen LogP contribution is 2.27. The molecular weight excluding hydrogens is 466 g/mol. The minimum atomic E-state index is -0.727. The number of amides is 1. The number of aromatic nitrogens is 5. The molecule has 34 heavy (non-hydrogen) atoms. The molecule has 11 heteroatoms. The normalized spacial score (nSPS) is 16.2. The van der Waals surface area contributed by atoms with E-state index in [9.17, 15) is 18.4 Å². The van der Waals surface area contributed by atoms with Crippen molar-refractivity contribution in [1.82, 2.24) is 29.9 Å². The Labute approximate surface area is 197 Å². The highest BCUT2D eigenvalue weighted by atomic mass is 35.5. The number of likely N-dealkylation sites (tertiary alicyclic amines) is 1. The number of aromatic amines is 1. The molecule has 1 fully saturated rings. The maximum absolute atomic E-state index is 14.1. The summed E-state index contributed by atoms with van der Waals surface area (Å²) in [5, 5.41) is 8.19. The lowest BCUT2D eigenvalue weighted by Gasteiger charge is -2.32. The van der Waals surface area contributed by atoms with Gasteiger partial charge in [0.15, 0.2) is 11.2 Å². The molecule has 174 valence electrons. The van der Waals surface area contributed by atoms with Crippen LogP contribution in [-0.4, -0.2) is 48.9 Å². The molecule has 0 aliphatic carbocycles. The number of H-pyrrole nitrogens is 1. The number of carbonyl (C=O) groups excluding carboxylic acids is 1. The summed E-state index contributed by atoms with van der Waals surface area (Å²) in [6.07, 6.45) is 1.44. The Morgan fingerprint density at radius 2 is 2.03 bits per heavy atom. The maximum atomic E-state index is 14.1. The Morgan fingerprint density at radius 1 is 1.21 bits per heavy atom. The minimum Gasteiger partial charge on any atom is -0.338 e. The fourth-order valence-corrected chi connectivity index (χ4v) is 4.40. The zero-order valence-corrected chi connectivity index (χ0v) is 18.6. The average Bonchev–Trinajstić information content (AvgIpc) is 3.24. The van der Waals surface area contributed by atoms with Gasteiger partial charge in [-0.25, -0.2) is 18.4 Å². The van der Waals surface area contributed by atoms with Gasteiger partial charge < -0.3 is 9.88 Å². The molecule has 2 aromatic heterocycles. The van der Waals surface area contributed by atoms with Gasteiger partial charge in [0.1, 0.15) is 17.5 Å². The van der Waals surface area contributed by atoms with E-state index in [4.69, 9.17) is 11.6 Å². The van der Waals surface area contributed by atoms with Crippen LogP contribution in [0.4, 0.5) is 8.78 Å². The number of carbonyl (C=O) groups is 1. The third-order valence-electron chi connectivity index (χ3n) is 5.93. The molecule has 0 radical (unpaired) electrons. The van der Waals surface area contributed by atoms with Gasteiger partial charge in [-0.15, -0.1) is 5.10 Å². The smallest absolute Gasteiger partial charge is 0.281 e. The number of halogens is 3. The largest absolute Gasteiger partial charge is 0.338 e. The van der Waals surface area contributed by atoms with Crippen molar-refractivity contribution in [2.24, 2.45) is 0 Å². The van der Waals surface area contributed by atoms with E-state index < -0.39 is 17.2 Å². The lowest BCUT2D eigenvalue weighted by molar-refractivity contribution is 0.0704. The van der Waals surface area contributed by atoms with E-state index in [2.05, 4.69) is 20.3 Å². The van der Waals surface area contributed by atoms with E-state index in [1.165, 1.54) is 10.7 Å². The van der Waals surface area contributed by atoms with Crippen LogP contribution < -0.4 is 5.56 Å². The highest BCUT2D eigenvalue weighted by Gasteiger charge is 2.28. The number of fused-ring (bicyclic) bond motifs is 1. The number of hydrogen-bond acceptors (Lipinski definition) is 5. The van der Waals surface area contributed by atoms with Gasteiger partial charge in [0.2, 0.25) is 0 Å². The molecule has 0 saturated carbocycles. The Bertz CT molecular complexity index is 1450. The van der Waals surface area contributed by atoms with Crippen molar-refractivity contribution in [3.05, 3.63) is 86.4 Å². The molecule has 0 bridgehead atoms. The SMILES string of the molecule is O=C(c1ccccc1Cl)N1CCC[C@@H](c2nc3c(nnn3Cc3ccc(F)cc3F)c(=O)[nH]2)C1. The molecule has 0 unspecified atom stereocenters. The van der Waals surface area contributed by atoms with E-state index in [1.807, 2.05) is 0 Å². The second kappa shape index (κ2) is 8.94. The molecule has 0 spiro atoms. The number of nitrogens with zero attached hydrogens (tertiary/aromatic N) is 5. The fourth-order valence-electron chi connectivity index (χ4n) is 4.18. The third kappa shape index (κ3) is 4.16. The molecule has 1 N–H and O–H groups in total. The van der Waals surface area contributed by atoms with Crippen LogP contribution in [0.5, 0.6) is 0 Å². The van der Waals surface area contributed by atoms with Crippen LogP contribution in [0.15, 0.2) is 47.3 Å². The molecule has 1 amide bonds. The van der Waals surface area contributed by atoms with Crippen LogP contribution in [0.2, 0.25) is 5.02 Å². The summed E-state index contributed by atoms with van der Waals surface area (Å²) in [6.45, 7) is 0.851. The summed E-state index contributed by atoms with van der Waals surface area (Å²) in [5.74, 6) is -1.41. The molecule has 3 heterocycles. The van der Waals surface area contributed by atoms with Crippen LogP contribution >= 0.6 is 11.6 Å². The molecule has 1 aliphatic rings. The molecule has 1 atom stereocenters. The van der Waals surface area contributed by atoms with Crippen molar-refractivity contribution in [3.8, 4) is 0 Å². The summed E-state index contributed by atoms with van der Waals surface area (Å²) >= 11 is 6.20. The first kappa shape index (κ1) is 22.1. The number of piperidine rings is 1. The fraction of sp³-hybridized carbons (Fsp3) is 0.261.